The van der Waals surface area contributed by atoms with Gasteiger partial charge in [0.15, 0.2) is 0 Å². The van der Waals surface area contributed by atoms with Gasteiger partial charge in [-0.1, -0.05) is 41.7 Å². The number of ketones is 1. The molecule has 0 amide bonds. The molecule has 0 aromatic carbocycles. The van der Waals surface area contributed by atoms with Crippen molar-refractivity contribution in [1.82, 2.24) is 4.57 Å². The van der Waals surface area contributed by atoms with Crippen LogP contribution in [0, 0.1) is 5.92 Å². The molecule has 1 aromatic heterocycles. The van der Waals surface area contributed by atoms with Crippen LogP contribution in [-0.2, 0) is 4.74 Å². The Balaban J connectivity index is 2.41. The monoisotopic (exact) mass is 351 g/mol. The van der Waals surface area contributed by atoms with E-state index in [1.54, 1.807) is 10.8 Å². The van der Waals surface area contributed by atoms with Gasteiger partial charge in [-0.15, -0.1) is 0 Å². The molecule has 1 aliphatic carbocycles. The number of esters is 1. The van der Waals surface area contributed by atoms with Crippen LogP contribution in [0.2, 0.25) is 0 Å². The maximum Gasteiger partial charge on any atom is 0.354 e. The molecule has 2 rings (SSSR count). The highest BCUT2D eigenvalue weighted by Crippen LogP contribution is 2.37. The van der Waals surface area contributed by atoms with E-state index in [1.807, 2.05) is 0 Å². The maximum absolute atomic E-state index is 12.1. The van der Waals surface area contributed by atoms with Crippen molar-refractivity contribution < 1.29 is 14.3 Å². The van der Waals surface area contributed by atoms with Crippen molar-refractivity contribution in [2.75, 3.05) is 7.11 Å². The lowest BCUT2D eigenvalue weighted by Gasteiger charge is -2.15. The van der Waals surface area contributed by atoms with Crippen LogP contribution in [0.3, 0.4) is 0 Å². The number of nitrogens with zero attached hydrogens (tertiary/aromatic N) is 1. The van der Waals surface area contributed by atoms with E-state index in [0.29, 0.717) is 11.6 Å². The van der Waals surface area contributed by atoms with Gasteiger partial charge in [0.1, 0.15) is 5.69 Å². The van der Waals surface area contributed by atoms with Gasteiger partial charge in [0.25, 0.3) is 3.79 Å². The first-order valence-electron chi connectivity index (χ1n) is 6.65. The molecule has 0 saturated heterocycles. The molecule has 7 heteroatoms. The Labute approximate surface area is 138 Å². The number of methoxy groups -OCH3 is 1. The summed E-state index contributed by atoms with van der Waals surface area (Å²) in [5.41, 5.74) is 0.518. The molecule has 1 aliphatic rings. The molecule has 116 valence electrons. The molecule has 2 atom stereocenters. The minimum Gasteiger partial charge on any atom is -0.464 e. The fourth-order valence-corrected chi connectivity index (χ4v) is 3.09. The fraction of sp³-hybridized carbons (Fsp3) is 0.571. The average Bonchev–Trinajstić information content (AvgIpc) is 3.01. The second kappa shape index (κ2) is 6.19. The van der Waals surface area contributed by atoms with Gasteiger partial charge in [-0.05, 0) is 31.2 Å². The van der Waals surface area contributed by atoms with Crippen molar-refractivity contribution in [2.45, 2.75) is 36.0 Å². The van der Waals surface area contributed by atoms with Crippen LogP contribution in [0.5, 0.6) is 0 Å². The van der Waals surface area contributed by atoms with Crippen molar-refractivity contribution >= 4 is 46.6 Å². The fourth-order valence-electron chi connectivity index (χ4n) is 2.77. The van der Waals surface area contributed by atoms with Crippen molar-refractivity contribution in [3.05, 3.63) is 23.5 Å². The number of carbonyl (C=O) groups excluding carboxylic acids is 2. The Bertz CT molecular complexity index is 562. The van der Waals surface area contributed by atoms with Crippen LogP contribution < -0.4 is 0 Å². The summed E-state index contributed by atoms with van der Waals surface area (Å²) in [6, 6.07) is 1.59. The third kappa shape index (κ3) is 3.55. The first-order valence-corrected chi connectivity index (χ1v) is 7.79. The summed E-state index contributed by atoms with van der Waals surface area (Å²) in [5, 5.41) is 0. The number of halogens is 3. The Morgan fingerprint density at radius 1 is 1.33 bits per heavy atom. The molecule has 1 fully saturated rings. The van der Waals surface area contributed by atoms with E-state index in [-0.39, 0.29) is 11.6 Å². The number of Topliss-reactive ketones (excluding diaryl/α,β-unsaturated/α-hetero) is 1. The number of rotatable bonds is 3. The molecule has 0 radical (unpaired) electrons. The Morgan fingerprint density at radius 3 is 2.48 bits per heavy atom. The zero-order valence-electron chi connectivity index (χ0n) is 11.7. The largest absolute Gasteiger partial charge is 0.464 e. The van der Waals surface area contributed by atoms with E-state index < -0.39 is 15.5 Å². The molecule has 0 bridgehead atoms. The van der Waals surface area contributed by atoms with Gasteiger partial charge in [0.2, 0.25) is 5.78 Å². The third-order valence-electron chi connectivity index (χ3n) is 3.82. The highest BCUT2D eigenvalue weighted by atomic mass is 35.6. The summed E-state index contributed by atoms with van der Waals surface area (Å²) in [6.45, 7) is 2.16. The van der Waals surface area contributed by atoms with E-state index in [9.17, 15) is 9.59 Å². The van der Waals surface area contributed by atoms with Crippen molar-refractivity contribution in [2.24, 2.45) is 5.92 Å². The average molecular weight is 353 g/mol. The quantitative estimate of drug-likeness (QED) is 0.465. The molecule has 0 aliphatic heterocycles. The zero-order valence-corrected chi connectivity index (χ0v) is 14.0. The molecule has 4 nitrogen and oxygen atoms in total. The summed E-state index contributed by atoms with van der Waals surface area (Å²) < 4.78 is 4.51. The minimum atomic E-state index is -2.04. The number of alkyl halides is 3. The van der Waals surface area contributed by atoms with Crippen LogP contribution in [0.15, 0.2) is 12.3 Å². The topological polar surface area (TPSA) is 48.3 Å². The highest BCUT2D eigenvalue weighted by Gasteiger charge is 2.35. The standard InChI is InChI=1S/C14H16Cl3NO3/c1-8-3-4-10(5-8)18-7-9(12(19)14(15,16)17)6-11(18)13(20)21-2/h6-8,10H,3-5H2,1-2H3. The normalized spacial score (nSPS) is 22.3. The number of hydrogen-bond donors (Lipinski definition) is 0. The highest BCUT2D eigenvalue weighted by molar-refractivity contribution is 6.77. The lowest BCUT2D eigenvalue weighted by molar-refractivity contribution is 0.0586. The van der Waals surface area contributed by atoms with Gasteiger partial charge in [-0.25, -0.2) is 4.79 Å². The van der Waals surface area contributed by atoms with Crippen LogP contribution in [0.1, 0.15) is 53.1 Å². The number of ether oxygens (including phenoxy) is 1. The predicted molar refractivity (Wildman–Crippen MR) is 82.4 cm³/mol. The van der Waals surface area contributed by atoms with E-state index in [0.717, 1.165) is 19.3 Å². The summed E-state index contributed by atoms with van der Waals surface area (Å²) >= 11 is 16.9. The summed E-state index contributed by atoms with van der Waals surface area (Å²) in [4.78, 5) is 24.0. The third-order valence-corrected chi connectivity index (χ3v) is 4.34. The van der Waals surface area contributed by atoms with Gasteiger partial charge in [-0.3, -0.25) is 4.79 Å². The maximum atomic E-state index is 12.1. The van der Waals surface area contributed by atoms with Crippen molar-refractivity contribution in [3.63, 3.8) is 0 Å². The second-order valence-corrected chi connectivity index (χ2v) is 7.69. The first-order chi connectivity index (χ1) is 9.74. The molecule has 1 saturated carbocycles. The molecule has 0 spiro atoms. The van der Waals surface area contributed by atoms with Crippen LogP contribution in [-0.4, -0.2) is 27.2 Å². The molecular formula is C14H16Cl3NO3. The number of aromatic nitrogens is 1. The second-order valence-electron chi connectivity index (χ2n) is 5.41. The zero-order chi connectivity index (χ0) is 15.8. The summed E-state index contributed by atoms with van der Waals surface area (Å²) in [5.74, 6) is -0.574. The van der Waals surface area contributed by atoms with E-state index in [1.165, 1.54) is 13.2 Å². The lowest BCUT2D eigenvalue weighted by Crippen LogP contribution is -2.18. The first kappa shape index (κ1) is 16.7. The number of carbonyl (C=O) groups is 2. The van der Waals surface area contributed by atoms with Gasteiger partial charge in [-0.2, -0.15) is 0 Å². The molecule has 1 heterocycles. The SMILES string of the molecule is COC(=O)c1cc(C(=O)C(Cl)(Cl)Cl)cn1C1CCC(C)C1. The Morgan fingerprint density at radius 2 is 2.00 bits per heavy atom. The van der Waals surface area contributed by atoms with Gasteiger partial charge in [0.05, 0.1) is 7.11 Å². The van der Waals surface area contributed by atoms with E-state index in [2.05, 4.69) is 6.92 Å². The van der Waals surface area contributed by atoms with Gasteiger partial charge >= 0.3 is 5.97 Å². The van der Waals surface area contributed by atoms with E-state index >= 15 is 0 Å². The summed E-state index contributed by atoms with van der Waals surface area (Å²) in [6.07, 6.45) is 4.55. The summed E-state index contributed by atoms with van der Waals surface area (Å²) in [7, 11) is 1.30. The molecular weight excluding hydrogens is 337 g/mol. The predicted octanol–water partition coefficient (Wildman–Crippen LogP) is 4.19. The number of hydrogen-bond acceptors (Lipinski definition) is 3. The van der Waals surface area contributed by atoms with Crippen LogP contribution in [0.4, 0.5) is 0 Å². The molecule has 2 unspecified atom stereocenters. The van der Waals surface area contributed by atoms with Crippen LogP contribution in [0.25, 0.3) is 0 Å². The molecule has 21 heavy (non-hydrogen) atoms. The molecule has 1 aromatic rings. The van der Waals surface area contributed by atoms with Crippen molar-refractivity contribution in [3.8, 4) is 0 Å². The smallest absolute Gasteiger partial charge is 0.354 e. The van der Waals surface area contributed by atoms with Crippen LogP contribution >= 0.6 is 34.8 Å². The van der Waals surface area contributed by atoms with E-state index in [4.69, 9.17) is 39.5 Å². The molecule has 0 N–H and O–H groups in total. The Hall–Kier alpha value is -0.710. The van der Waals surface area contributed by atoms with Gasteiger partial charge in [0, 0.05) is 17.8 Å². The van der Waals surface area contributed by atoms with Gasteiger partial charge < -0.3 is 9.30 Å². The lowest BCUT2D eigenvalue weighted by atomic mass is 10.1. The Kier molecular flexibility index (Phi) is 4.91. The minimum absolute atomic E-state index is 0.158. The van der Waals surface area contributed by atoms with Crippen molar-refractivity contribution in [1.29, 1.82) is 0 Å².